The van der Waals surface area contributed by atoms with E-state index >= 15 is 0 Å². The van der Waals surface area contributed by atoms with Crippen LogP contribution in [0.4, 0.5) is 0 Å². The van der Waals surface area contributed by atoms with Crippen LogP contribution in [0, 0.1) is 10.8 Å². The van der Waals surface area contributed by atoms with Crippen molar-refractivity contribution in [2.24, 2.45) is 10.8 Å². The molecule has 0 unspecified atom stereocenters. The van der Waals surface area contributed by atoms with Crippen molar-refractivity contribution < 1.29 is 0 Å². The molecular formula is C12H25P. The minimum absolute atomic E-state index is 0.0293. The highest BCUT2D eigenvalue weighted by Crippen LogP contribution is 2.46. The van der Waals surface area contributed by atoms with Crippen molar-refractivity contribution in [3.8, 4) is 0 Å². The summed E-state index contributed by atoms with van der Waals surface area (Å²) in [7, 11) is 0.0293. The smallest absolute Gasteiger partial charge is 0.0242 e. The third kappa shape index (κ3) is 8.50. The Labute approximate surface area is 85.6 Å². The predicted octanol–water partition coefficient (Wildman–Crippen LogP) is 4.70. The molecule has 0 saturated carbocycles. The lowest BCUT2D eigenvalue weighted by Gasteiger charge is -2.29. The Bertz CT molecular complexity index is 141. The lowest BCUT2D eigenvalue weighted by molar-refractivity contribution is 0.460. The monoisotopic (exact) mass is 200 g/mol. The maximum Gasteiger partial charge on any atom is -0.0242 e. The van der Waals surface area contributed by atoms with E-state index in [2.05, 4.69) is 53.9 Å². The van der Waals surface area contributed by atoms with Gasteiger partial charge in [0.25, 0.3) is 0 Å². The minimum atomic E-state index is 0.0293. The quantitative estimate of drug-likeness (QED) is 0.579. The van der Waals surface area contributed by atoms with Crippen LogP contribution in [-0.4, -0.2) is 12.3 Å². The van der Waals surface area contributed by atoms with Gasteiger partial charge in [0.2, 0.25) is 0 Å². The van der Waals surface area contributed by atoms with Crippen LogP contribution in [-0.2, 0) is 0 Å². The van der Waals surface area contributed by atoms with Crippen LogP contribution in [0.5, 0.6) is 0 Å². The summed E-state index contributed by atoms with van der Waals surface area (Å²) in [6, 6.07) is 0. The molecule has 0 atom stereocenters. The van der Waals surface area contributed by atoms with E-state index in [0.717, 1.165) is 0 Å². The van der Waals surface area contributed by atoms with Crippen LogP contribution >= 0.6 is 7.92 Å². The first-order valence-corrected chi connectivity index (χ1v) is 6.79. The Balaban J connectivity index is 4.13. The van der Waals surface area contributed by atoms with Crippen molar-refractivity contribution in [3.05, 3.63) is 12.4 Å². The first-order valence-electron chi connectivity index (χ1n) is 5.01. The van der Waals surface area contributed by atoms with Gasteiger partial charge in [0.05, 0.1) is 0 Å². The summed E-state index contributed by atoms with van der Waals surface area (Å²) >= 11 is 0. The normalized spacial score (nSPS) is 13.5. The van der Waals surface area contributed by atoms with Crippen molar-refractivity contribution in [3.63, 3.8) is 0 Å². The summed E-state index contributed by atoms with van der Waals surface area (Å²) < 4.78 is 0. The highest BCUT2D eigenvalue weighted by atomic mass is 31.1. The Kier molecular flexibility index (Phi) is 4.66. The third-order valence-electron chi connectivity index (χ3n) is 1.61. The molecule has 1 heteroatoms. The van der Waals surface area contributed by atoms with E-state index in [4.69, 9.17) is 0 Å². The number of hydrogen-bond acceptors (Lipinski definition) is 0. The molecule has 0 aromatic rings. The van der Waals surface area contributed by atoms with Crippen molar-refractivity contribution in [2.75, 3.05) is 12.3 Å². The average Bonchev–Trinajstić information content (AvgIpc) is 1.79. The molecule has 0 aliphatic carbocycles. The molecule has 0 radical (unpaired) electrons. The summed E-state index contributed by atoms with van der Waals surface area (Å²) in [6.07, 6.45) is 2.62. The highest BCUT2D eigenvalue weighted by molar-refractivity contribution is 7.60. The van der Waals surface area contributed by atoms with E-state index in [1.54, 1.807) is 0 Å². The summed E-state index contributed by atoms with van der Waals surface area (Å²) in [4.78, 5) is 0. The van der Waals surface area contributed by atoms with Gasteiger partial charge in [0.15, 0.2) is 0 Å². The number of hydrogen-bond donors (Lipinski definition) is 0. The third-order valence-corrected chi connectivity index (χ3v) is 4.84. The molecule has 0 aromatic carbocycles. The maximum absolute atomic E-state index is 3.96. The molecule has 0 N–H and O–H groups in total. The van der Waals surface area contributed by atoms with Gasteiger partial charge in [0.1, 0.15) is 0 Å². The Hall–Kier alpha value is 0.170. The van der Waals surface area contributed by atoms with Crippen LogP contribution in [0.1, 0.15) is 41.5 Å². The lowest BCUT2D eigenvalue weighted by Crippen LogP contribution is -2.16. The topological polar surface area (TPSA) is 0 Å². The van der Waals surface area contributed by atoms with Gasteiger partial charge in [-0.05, 0) is 23.2 Å². The van der Waals surface area contributed by atoms with Crippen molar-refractivity contribution >= 4 is 7.92 Å². The zero-order chi connectivity index (χ0) is 10.7. The summed E-state index contributed by atoms with van der Waals surface area (Å²) in [6.45, 7) is 17.8. The van der Waals surface area contributed by atoms with Crippen molar-refractivity contribution in [1.29, 1.82) is 0 Å². The van der Waals surface area contributed by atoms with Gasteiger partial charge < -0.3 is 0 Å². The fourth-order valence-electron chi connectivity index (χ4n) is 1.40. The molecule has 0 saturated heterocycles. The first kappa shape index (κ1) is 13.2. The Morgan fingerprint density at radius 2 is 1.23 bits per heavy atom. The van der Waals surface area contributed by atoms with E-state index in [0.29, 0.717) is 10.8 Å². The lowest BCUT2D eigenvalue weighted by atomic mass is 10.0. The molecule has 78 valence electrons. The van der Waals surface area contributed by atoms with Crippen LogP contribution in [0.2, 0.25) is 0 Å². The number of rotatable bonds is 3. The van der Waals surface area contributed by atoms with Gasteiger partial charge in [0, 0.05) is 0 Å². The summed E-state index contributed by atoms with van der Waals surface area (Å²) in [5.74, 6) is 2.19. The molecule has 0 heterocycles. The first-order chi connectivity index (χ1) is 5.64. The standard InChI is InChI=1S/C12H25P/c1-8-13(9-11(2,3)4)10-12(5,6)7/h8H,1,9-10H2,2-7H3. The average molecular weight is 200 g/mol. The molecular weight excluding hydrogens is 175 g/mol. The molecule has 0 aliphatic heterocycles. The second kappa shape index (κ2) is 4.60. The molecule has 13 heavy (non-hydrogen) atoms. The van der Waals surface area contributed by atoms with Gasteiger partial charge in [-0.25, -0.2) is 0 Å². The summed E-state index contributed by atoms with van der Waals surface area (Å²) in [5, 5.41) is 0. The zero-order valence-electron chi connectivity index (χ0n) is 10.1. The van der Waals surface area contributed by atoms with Crippen LogP contribution in [0.15, 0.2) is 12.4 Å². The van der Waals surface area contributed by atoms with Gasteiger partial charge in [-0.2, -0.15) is 0 Å². The molecule has 0 spiro atoms. The maximum atomic E-state index is 3.96. The van der Waals surface area contributed by atoms with Gasteiger partial charge in [-0.1, -0.05) is 61.9 Å². The molecule has 0 nitrogen and oxygen atoms in total. The van der Waals surface area contributed by atoms with E-state index < -0.39 is 0 Å². The van der Waals surface area contributed by atoms with Gasteiger partial charge >= 0.3 is 0 Å². The van der Waals surface area contributed by atoms with E-state index in [1.807, 2.05) is 0 Å². The Morgan fingerprint density at radius 1 is 0.923 bits per heavy atom. The molecule has 0 aliphatic rings. The largest absolute Gasteiger partial charge is 0.0986 e. The van der Waals surface area contributed by atoms with Crippen LogP contribution in [0.3, 0.4) is 0 Å². The minimum Gasteiger partial charge on any atom is -0.0986 e. The van der Waals surface area contributed by atoms with E-state index in [-0.39, 0.29) is 7.92 Å². The fourth-order valence-corrected chi connectivity index (χ4v) is 4.21. The molecule has 0 fully saturated rings. The SMILES string of the molecule is C=CP(CC(C)(C)C)CC(C)(C)C. The van der Waals surface area contributed by atoms with Crippen LogP contribution in [0.25, 0.3) is 0 Å². The molecule has 0 amide bonds. The van der Waals surface area contributed by atoms with Gasteiger partial charge in [-0.15, -0.1) is 0 Å². The zero-order valence-corrected chi connectivity index (χ0v) is 11.0. The van der Waals surface area contributed by atoms with Crippen molar-refractivity contribution in [2.45, 2.75) is 41.5 Å². The molecule has 0 rings (SSSR count). The van der Waals surface area contributed by atoms with E-state index in [9.17, 15) is 0 Å². The van der Waals surface area contributed by atoms with Gasteiger partial charge in [-0.3, -0.25) is 0 Å². The molecule has 0 bridgehead atoms. The highest BCUT2D eigenvalue weighted by Gasteiger charge is 2.21. The fraction of sp³-hybridized carbons (Fsp3) is 0.833. The van der Waals surface area contributed by atoms with Crippen LogP contribution < -0.4 is 0 Å². The predicted molar refractivity (Wildman–Crippen MR) is 65.8 cm³/mol. The van der Waals surface area contributed by atoms with E-state index in [1.165, 1.54) is 12.3 Å². The molecule has 0 aromatic heterocycles. The second-order valence-electron chi connectivity index (χ2n) is 6.21. The van der Waals surface area contributed by atoms with Crippen molar-refractivity contribution in [1.82, 2.24) is 0 Å². The summed E-state index contributed by atoms with van der Waals surface area (Å²) in [5.41, 5.74) is 0.899. The second-order valence-corrected chi connectivity index (χ2v) is 8.38. The Morgan fingerprint density at radius 3 is 1.38 bits per heavy atom.